The summed E-state index contributed by atoms with van der Waals surface area (Å²) in [6.07, 6.45) is 5.33. The van der Waals surface area contributed by atoms with Crippen LogP contribution in [0.25, 0.3) is 22.2 Å². The molecule has 1 aliphatic rings. The second kappa shape index (κ2) is 9.72. The second-order valence-corrected chi connectivity index (χ2v) is 9.74. The Morgan fingerprint density at radius 3 is 2.62 bits per heavy atom. The van der Waals surface area contributed by atoms with Crippen LogP contribution < -0.4 is 10.6 Å². The highest BCUT2D eigenvalue weighted by Gasteiger charge is 2.21. The van der Waals surface area contributed by atoms with Crippen LogP contribution in [0, 0.1) is 11.3 Å². The summed E-state index contributed by atoms with van der Waals surface area (Å²) < 4.78 is 0. The number of aryl methyl sites for hydroxylation is 1. The van der Waals surface area contributed by atoms with E-state index in [1.165, 1.54) is 11.3 Å². The molecule has 2 N–H and O–H groups in total. The Morgan fingerprint density at radius 1 is 1.03 bits per heavy atom. The minimum atomic E-state index is -0.315. The highest BCUT2D eigenvalue weighted by molar-refractivity contribution is 7.80. The van der Waals surface area contributed by atoms with Crippen LogP contribution in [0.2, 0.25) is 0 Å². The van der Waals surface area contributed by atoms with Gasteiger partial charge in [0.2, 0.25) is 0 Å². The molecule has 0 atom stereocenters. The zero-order chi connectivity index (χ0) is 23.5. The van der Waals surface area contributed by atoms with Gasteiger partial charge in [-0.2, -0.15) is 5.26 Å². The molecule has 34 heavy (non-hydrogen) atoms. The summed E-state index contributed by atoms with van der Waals surface area (Å²) in [7, 11) is 0. The third-order valence-electron chi connectivity index (χ3n) is 6.02. The maximum absolute atomic E-state index is 13.3. The summed E-state index contributed by atoms with van der Waals surface area (Å²) >= 11 is 7.05. The molecular formula is C27H22N4OS2. The number of nitrogens with one attached hydrogen (secondary N) is 2. The zero-order valence-electron chi connectivity index (χ0n) is 18.4. The number of rotatable bonds is 3. The monoisotopic (exact) mass is 482 g/mol. The minimum Gasteiger partial charge on any atom is -0.323 e. The molecular weight excluding hydrogens is 460 g/mol. The van der Waals surface area contributed by atoms with Crippen molar-refractivity contribution in [1.29, 1.82) is 5.26 Å². The van der Waals surface area contributed by atoms with Crippen molar-refractivity contribution in [3.05, 3.63) is 82.2 Å². The Hall–Kier alpha value is -3.60. The maximum atomic E-state index is 13.3. The van der Waals surface area contributed by atoms with Crippen LogP contribution in [0.4, 0.5) is 5.00 Å². The van der Waals surface area contributed by atoms with E-state index in [1.54, 1.807) is 17.4 Å². The molecule has 0 radical (unpaired) electrons. The summed E-state index contributed by atoms with van der Waals surface area (Å²) in [6.45, 7) is 0. The summed E-state index contributed by atoms with van der Waals surface area (Å²) in [5.74, 6) is -0.315. The van der Waals surface area contributed by atoms with Crippen molar-refractivity contribution in [3.8, 4) is 17.3 Å². The first-order valence-electron chi connectivity index (χ1n) is 11.3. The van der Waals surface area contributed by atoms with Crippen LogP contribution in [0.15, 0.2) is 60.7 Å². The van der Waals surface area contributed by atoms with Crippen molar-refractivity contribution in [1.82, 2.24) is 10.3 Å². The minimum absolute atomic E-state index is 0.181. The number of aromatic nitrogens is 1. The number of carbonyl (C=O) groups is 1. The topological polar surface area (TPSA) is 77.8 Å². The third kappa shape index (κ3) is 4.43. The molecule has 0 spiro atoms. The van der Waals surface area contributed by atoms with Gasteiger partial charge in [0, 0.05) is 15.8 Å². The lowest BCUT2D eigenvalue weighted by molar-refractivity contribution is 0.0979. The van der Waals surface area contributed by atoms with Crippen LogP contribution in [0.1, 0.15) is 45.6 Å². The molecule has 0 bridgehead atoms. The smallest absolute Gasteiger partial charge is 0.258 e. The number of thiocarbonyl (C=S) groups is 1. The average molecular weight is 483 g/mol. The summed E-state index contributed by atoms with van der Waals surface area (Å²) in [4.78, 5) is 19.3. The molecule has 2 aromatic carbocycles. The number of nitrogens with zero attached hydrogens (tertiary/aromatic N) is 2. The van der Waals surface area contributed by atoms with Gasteiger partial charge in [-0.15, -0.1) is 11.3 Å². The van der Waals surface area contributed by atoms with Gasteiger partial charge < -0.3 is 5.32 Å². The second-order valence-electron chi connectivity index (χ2n) is 8.23. The predicted molar refractivity (Wildman–Crippen MR) is 141 cm³/mol. The molecule has 4 aromatic rings. The van der Waals surface area contributed by atoms with Crippen molar-refractivity contribution in [3.63, 3.8) is 0 Å². The molecule has 2 heterocycles. The lowest BCUT2D eigenvalue weighted by atomic mass is 10.0. The van der Waals surface area contributed by atoms with Gasteiger partial charge in [0.05, 0.1) is 22.3 Å². The Bertz CT molecular complexity index is 1440. The van der Waals surface area contributed by atoms with Crippen LogP contribution >= 0.6 is 23.6 Å². The number of hydrogen-bond acceptors (Lipinski definition) is 5. The first-order valence-corrected chi connectivity index (χ1v) is 12.5. The molecule has 0 fully saturated rings. The van der Waals surface area contributed by atoms with E-state index in [0.29, 0.717) is 16.1 Å². The average Bonchev–Trinajstić information content (AvgIpc) is 3.02. The largest absolute Gasteiger partial charge is 0.323 e. The van der Waals surface area contributed by atoms with Crippen molar-refractivity contribution in [2.45, 2.75) is 32.1 Å². The fourth-order valence-corrected chi connectivity index (χ4v) is 5.88. The molecule has 0 unspecified atom stereocenters. The first kappa shape index (κ1) is 22.2. The van der Waals surface area contributed by atoms with Gasteiger partial charge in [0.25, 0.3) is 5.91 Å². The summed E-state index contributed by atoms with van der Waals surface area (Å²) in [6, 6.07) is 21.5. The molecule has 1 aliphatic carbocycles. The van der Waals surface area contributed by atoms with E-state index in [2.05, 4.69) is 16.7 Å². The molecule has 5 rings (SSSR count). The molecule has 7 heteroatoms. The van der Waals surface area contributed by atoms with Crippen molar-refractivity contribution >= 4 is 50.5 Å². The highest BCUT2D eigenvalue weighted by Crippen LogP contribution is 2.37. The standard InChI is InChI=1S/C27H22N4OS2/c28-16-21-19-12-5-2-6-14-24(19)34-26(21)31-27(33)30-25(32)20-15-23(17-9-3-1-4-10-17)29-22-13-8-7-11-18(20)22/h1,3-4,7-11,13,15H,2,5-6,12,14H2,(H2,30,31,32,33). The van der Waals surface area contributed by atoms with Gasteiger partial charge in [0.15, 0.2) is 5.11 Å². The van der Waals surface area contributed by atoms with Gasteiger partial charge in [0.1, 0.15) is 11.1 Å². The fourth-order valence-electron chi connectivity index (χ4n) is 4.37. The van der Waals surface area contributed by atoms with E-state index >= 15 is 0 Å². The van der Waals surface area contributed by atoms with Gasteiger partial charge in [-0.25, -0.2) is 4.98 Å². The predicted octanol–water partition coefficient (Wildman–Crippen LogP) is 6.23. The van der Waals surface area contributed by atoms with Crippen molar-refractivity contribution < 1.29 is 4.79 Å². The number of para-hydroxylation sites is 1. The number of hydrogen-bond donors (Lipinski definition) is 2. The number of fused-ring (bicyclic) bond motifs is 2. The SMILES string of the molecule is N#Cc1c(NC(=S)NC(=O)c2cc(-c3ccccc3)nc3ccccc23)sc2c1CCCCC2. The summed E-state index contributed by atoms with van der Waals surface area (Å²) in [5.41, 5.74) is 4.67. The normalized spacial score (nSPS) is 12.9. The summed E-state index contributed by atoms with van der Waals surface area (Å²) in [5, 5.41) is 17.3. The highest BCUT2D eigenvalue weighted by atomic mass is 32.1. The van der Waals surface area contributed by atoms with Crippen LogP contribution in [0.3, 0.4) is 0 Å². The molecule has 5 nitrogen and oxygen atoms in total. The van der Waals surface area contributed by atoms with Gasteiger partial charge >= 0.3 is 0 Å². The van der Waals surface area contributed by atoms with Gasteiger partial charge in [-0.05, 0) is 55.6 Å². The Morgan fingerprint density at radius 2 is 1.79 bits per heavy atom. The Kier molecular flexibility index (Phi) is 6.35. The first-order chi connectivity index (χ1) is 16.6. The molecule has 0 saturated heterocycles. The fraction of sp³-hybridized carbons (Fsp3) is 0.185. The van der Waals surface area contributed by atoms with E-state index in [-0.39, 0.29) is 11.0 Å². The molecule has 2 aromatic heterocycles. The number of anilines is 1. The molecule has 0 saturated carbocycles. The number of nitriles is 1. The quantitative estimate of drug-likeness (QED) is 0.267. The van der Waals surface area contributed by atoms with E-state index < -0.39 is 0 Å². The van der Waals surface area contributed by atoms with Crippen LogP contribution in [-0.2, 0) is 12.8 Å². The molecule has 168 valence electrons. The van der Waals surface area contributed by atoms with Crippen molar-refractivity contribution in [2.24, 2.45) is 0 Å². The lowest BCUT2D eigenvalue weighted by Gasteiger charge is -2.12. The van der Waals surface area contributed by atoms with E-state index in [0.717, 1.165) is 53.4 Å². The van der Waals surface area contributed by atoms with Crippen molar-refractivity contribution in [2.75, 3.05) is 5.32 Å². The maximum Gasteiger partial charge on any atom is 0.258 e. The van der Waals surface area contributed by atoms with Crippen LogP contribution in [-0.4, -0.2) is 16.0 Å². The number of amides is 1. The van der Waals surface area contributed by atoms with E-state index in [4.69, 9.17) is 17.2 Å². The van der Waals surface area contributed by atoms with Crippen LogP contribution in [0.5, 0.6) is 0 Å². The Labute approximate surface area is 207 Å². The molecule has 1 amide bonds. The molecule has 0 aliphatic heterocycles. The lowest BCUT2D eigenvalue weighted by Crippen LogP contribution is -2.34. The number of carbonyl (C=O) groups excluding carboxylic acids is 1. The third-order valence-corrected chi connectivity index (χ3v) is 7.43. The van der Waals surface area contributed by atoms with E-state index in [1.807, 2.05) is 54.6 Å². The number of pyridine rings is 1. The zero-order valence-corrected chi connectivity index (χ0v) is 20.1. The number of benzene rings is 2. The number of thiophene rings is 1. The van der Waals surface area contributed by atoms with Gasteiger partial charge in [-0.1, -0.05) is 55.0 Å². The van der Waals surface area contributed by atoms with Gasteiger partial charge in [-0.3, -0.25) is 10.1 Å². The Balaban J connectivity index is 1.42. The van der Waals surface area contributed by atoms with E-state index in [9.17, 15) is 10.1 Å².